The minimum absolute atomic E-state index is 0.697. The highest BCUT2D eigenvalue weighted by atomic mass is 35.5. The van der Waals surface area contributed by atoms with Gasteiger partial charge < -0.3 is 0 Å². The van der Waals surface area contributed by atoms with Gasteiger partial charge in [-0.1, -0.05) is 24.3 Å². The summed E-state index contributed by atoms with van der Waals surface area (Å²) in [4.78, 5) is 0. The molecule has 0 radical (unpaired) electrons. The van der Waals surface area contributed by atoms with E-state index < -0.39 is 0 Å². The Balaban J connectivity index is 3.01. The minimum atomic E-state index is 0.697. The Labute approximate surface area is 91.6 Å². The number of benzene rings is 1. The number of halogens is 1. The van der Waals surface area contributed by atoms with Crippen LogP contribution in [0.2, 0.25) is 0 Å². The van der Waals surface area contributed by atoms with Crippen LogP contribution in [0.15, 0.2) is 24.3 Å². The first-order valence-corrected chi connectivity index (χ1v) is 5.49. The Morgan fingerprint density at radius 1 is 1.36 bits per heavy atom. The highest BCUT2D eigenvalue weighted by molar-refractivity contribution is 6.17. The zero-order chi connectivity index (χ0) is 10.6. The predicted octanol–water partition coefficient (Wildman–Crippen LogP) is 4.34. The second-order valence-corrected chi connectivity index (χ2v) is 3.99. The van der Waals surface area contributed by atoms with Crippen molar-refractivity contribution in [3.8, 4) is 0 Å². The third-order valence-corrected chi connectivity index (χ3v) is 2.81. The first-order valence-electron chi connectivity index (χ1n) is 4.96. The van der Waals surface area contributed by atoms with E-state index in [0.29, 0.717) is 5.88 Å². The molecule has 0 fully saturated rings. The number of hydrogen-bond donors (Lipinski definition) is 0. The van der Waals surface area contributed by atoms with Crippen molar-refractivity contribution >= 4 is 17.2 Å². The van der Waals surface area contributed by atoms with Crippen LogP contribution in [0.4, 0.5) is 0 Å². The fourth-order valence-electron chi connectivity index (χ4n) is 1.56. The molecule has 0 aromatic heterocycles. The number of rotatable bonds is 3. The quantitative estimate of drug-likeness (QED) is 0.649. The lowest BCUT2D eigenvalue weighted by molar-refractivity contribution is 1.22. The third kappa shape index (κ3) is 2.62. The monoisotopic (exact) mass is 208 g/mol. The Bertz CT molecular complexity index is 337. The summed E-state index contributed by atoms with van der Waals surface area (Å²) >= 11 is 5.66. The molecule has 0 bridgehead atoms. The van der Waals surface area contributed by atoms with Crippen molar-refractivity contribution in [2.45, 2.75) is 27.2 Å². The van der Waals surface area contributed by atoms with E-state index >= 15 is 0 Å². The van der Waals surface area contributed by atoms with Gasteiger partial charge in [0.15, 0.2) is 0 Å². The average Bonchev–Trinajstić information content (AvgIpc) is 2.18. The van der Waals surface area contributed by atoms with Crippen LogP contribution in [0, 0.1) is 13.8 Å². The summed E-state index contributed by atoms with van der Waals surface area (Å²) in [7, 11) is 0. The van der Waals surface area contributed by atoms with Gasteiger partial charge in [0.2, 0.25) is 0 Å². The van der Waals surface area contributed by atoms with Crippen LogP contribution in [-0.2, 0) is 0 Å². The molecule has 0 aliphatic carbocycles. The second-order valence-electron chi connectivity index (χ2n) is 3.61. The van der Waals surface area contributed by atoms with Crippen LogP contribution in [-0.4, -0.2) is 5.88 Å². The largest absolute Gasteiger partial charge is 0.126 e. The molecule has 76 valence electrons. The Hall–Kier alpha value is -0.750. The maximum absolute atomic E-state index is 5.66. The molecule has 0 nitrogen and oxygen atoms in total. The lowest BCUT2D eigenvalue weighted by Crippen LogP contribution is -1.89. The molecule has 0 atom stereocenters. The third-order valence-electron chi connectivity index (χ3n) is 2.59. The maximum Gasteiger partial charge on any atom is 0.0258 e. The van der Waals surface area contributed by atoms with Crippen LogP contribution in [0.3, 0.4) is 0 Å². The van der Waals surface area contributed by atoms with Crippen LogP contribution in [0.25, 0.3) is 5.57 Å². The van der Waals surface area contributed by atoms with E-state index in [1.54, 1.807) is 0 Å². The van der Waals surface area contributed by atoms with E-state index in [9.17, 15) is 0 Å². The fourth-order valence-corrected chi connectivity index (χ4v) is 1.67. The van der Waals surface area contributed by atoms with Crippen molar-refractivity contribution in [3.05, 3.63) is 41.0 Å². The molecular weight excluding hydrogens is 192 g/mol. The average molecular weight is 209 g/mol. The van der Waals surface area contributed by atoms with E-state index in [1.165, 1.54) is 22.3 Å². The van der Waals surface area contributed by atoms with Gasteiger partial charge in [-0.05, 0) is 49.5 Å². The van der Waals surface area contributed by atoms with E-state index in [0.717, 1.165) is 6.42 Å². The van der Waals surface area contributed by atoms with Gasteiger partial charge in [0.1, 0.15) is 0 Å². The van der Waals surface area contributed by atoms with Gasteiger partial charge in [-0.25, -0.2) is 0 Å². The molecule has 0 saturated carbocycles. The molecule has 0 unspecified atom stereocenters. The van der Waals surface area contributed by atoms with E-state index in [4.69, 9.17) is 11.6 Å². The SMILES string of the molecule is CC(=CCCCl)c1cccc(C)c1C. The summed E-state index contributed by atoms with van der Waals surface area (Å²) < 4.78 is 0. The zero-order valence-electron chi connectivity index (χ0n) is 9.10. The van der Waals surface area contributed by atoms with Gasteiger partial charge >= 0.3 is 0 Å². The molecule has 0 aliphatic rings. The maximum atomic E-state index is 5.66. The zero-order valence-corrected chi connectivity index (χ0v) is 9.86. The Morgan fingerprint density at radius 3 is 2.71 bits per heavy atom. The molecule has 1 aromatic carbocycles. The minimum Gasteiger partial charge on any atom is -0.126 e. The van der Waals surface area contributed by atoms with Gasteiger partial charge in [-0.15, -0.1) is 11.6 Å². The number of alkyl halides is 1. The van der Waals surface area contributed by atoms with Crippen molar-refractivity contribution < 1.29 is 0 Å². The summed E-state index contributed by atoms with van der Waals surface area (Å²) in [5.41, 5.74) is 5.39. The van der Waals surface area contributed by atoms with Crippen molar-refractivity contribution in [2.24, 2.45) is 0 Å². The smallest absolute Gasteiger partial charge is 0.0258 e. The van der Waals surface area contributed by atoms with Gasteiger partial charge in [0.25, 0.3) is 0 Å². The van der Waals surface area contributed by atoms with Crippen LogP contribution in [0.5, 0.6) is 0 Å². The van der Waals surface area contributed by atoms with Gasteiger partial charge in [0, 0.05) is 5.88 Å². The summed E-state index contributed by atoms with van der Waals surface area (Å²) in [6, 6.07) is 6.42. The van der Waals surface area contributed by atoms with Crippen molar-refractivity contribution in [1.29, 1.82) is 0 Å². The predicted molar refractivity (Wildman–Crippen MR) is 64.9 cm³/mol. The molecule has 1 heteroatoms. The molecule has 1 rings (SSSR count). The number of hydrogen-bond acceptors (Lipinski definition) is 0. The summed E-state index contributed by atoms with van der Waals surface area (Å²) in [6.45, 7) is 6.46. The molecular formula is C13H17Cl. The summed E-state index contributed by atoms with van der Waals surface area (Å²) in [6.07, 6.45) is 3.15. The Kier molecular flexibility index (Phi) is 4.21. The van der Waals surface area contributed by atoms with Crippen molar-refractivity contribution in [3.63, 3.8) is 0 Å². The molecule has 14 heavy (non-hydrogen) atoms. The highest BCUT2D eigenvalue weighted by Gasteiger charge is 2.01. The Morgan fingerprint density at radius 2 is 2.07 bits per heavy atom. The normalized spacial score (nSPS) is 11.9. The summed E-state index contributed by atoms with van der Waals surface area (Å²) in [5, 5.41) is 0. The first-order chi connectivity index (χ1) is 6.66. The first kappa shape index (κ1) is 11.3. The van der Waals surface area contributed by atoms with Gasteiger partial charge in [-0.3, -0.25) is 0 Å². The molecule has 0 spiro atoms. The lowest BCUT2D eigenvalue weighted by Gasteiger charge is -2.08. The number of aryl methyl sites for hydroxylation is 1. The standard InChI is InChI=1S/C13H17Cl/c1-10-6-4-8-13(12(10)3)11(2)7-5-9-14/h4,6-8H,5,9H2,1-3H3. The van der Waals surface area contributed by atoms with E-state index in [1.807, 2.05) is 0 Å². The van der Waals surface area contributed by atoms with Gasteiger partial charge in [0.05, 0.1) is 0 Å². The number of allylic oxidation sites excluding steroid dienone is 2. The topological polar surface area (TPSA) is 0 Å². The van der Waals surface area contributed by atoms with Gasteiger partial charge in [-0.2, -0.15) is 0 Å². The molecule has 0 heterocycles. The summed E-state index contributed by atoms with van der Waals surface area (Å²) in [5.74, 6) is 0.697. The molecule has 0 amide bonds. The van der Waals surface area contributed by atoms with Crippen LogP contribution >= 0.6 is 11.6 Å². The van der Waals surface area contributed by atoms with Crippen molar-refractivity contribution in [2.75, 3.05) is 5.88 Å². The molecule has 1 aromatic rings. The second kappa shape index (κ2) is 5.21. The fraction of sp³-hybridized carbons (Fsp3) is 0.385. The van der Waals surface area contributed by atoms with Crippen LogP contribution < -0.4 is 0 Å². The molecule has 0 N–H and O–H groups in total. The lowest BCUT2D eigenvalue weighted by atomic mass is 9.97. The van der Waals surface area contributed by atoms with Crippen LogP contribution in [0.1, 0.15) is 30.0 Å². The van der Waals surface area contributed by atoms with E-state index in [2.05, 4.69) is 45.0 Å². The van der Waals surface area contributed by atoms with E-state index in [-0.39, 0.29) is 0 Å². The van der Waals surface area contributed by atoms with Crippen molar-refractivity contribution in [1.82, 2.24) is 0 Å². The molecule has 0 saturated heterocycles. The molecule has 0 aliphatic heterocycles. The highest BCUT2D eigenvalue weighted by Crippen LogP contribution is 2.21.